The number of halogens is 1. The fourth-order valence-corrected chi connectivity index (χ4v) is 2.13. The molecule has 2 aromatic rings. The van der Waals surface area contributed by atoms with Crippen molar-refractivity contribution >= 4 is 15.9 Å². The highest BCUT2D eigenvalue weighted by Gasteiger charge is 2.12. The smallest absolute Gasteiger partial charge is 0.0540 e. The van der Waals surface area contributed by atoms with Crippen LogP contribution in [0.1, 0.15) is 22.9 Å². The number of nitrogens with zero attached hydrogens (tertiary/aromatic N) is 2. The zero-order valence-corrected chi connectivity index (χ0v) is 11.6. The van der Waals surface area contributed by atoms with Gasteiger partial charge in [0.05, 0.1) is 6.20 Å². The van der Waals surface area contributed by atoms with Crippen LogP contribution in [0.25, 0.3) is 0 Å². The van der Waals surface area contributed by atoms with Crippen LogP contribution in [0.4, 0.5) is 0 Å². The van der Waals surface area contributed by atoms with Crippen LogP contribution in [0.3, 0.4) is 0 Å². The van der Waals surface area contributed by atoms with Gasteiger partial charge >= 0.3 is 0 Å². The molecule has 0 aliphatic rings. The topological polar surface area (TPSA) is 43.8 Å². The fraction of sp³-hybridized carbons (Fsp3) is 0.308. The van der Waals surface area contributed by atoms with E-state index in [2.05, 4.69) is 33.2 Å². The molecule has 90 valence electrons. The van der Waals surface area contributed by atoms with Gasteiger partial charge in [-0.3, -0.25) is 4.68 Å². The maximum Gasteiger partial charge on any atom is 0.0540 e. The zero-order valence-electron chi connectivity index (χ0n) is 10.0. The number of benzene rings is 1. The number of nitrogens with two attached hydrogens (primary N) is 1. The molecule has 0 saturated heterocycles. The van der Waals surface area contributed by atoms with Crippen molar-refractivity contribution in [1.82, 2.24) is 9.78 Å². The minimum Gasteiger partial charge on any atom is -0.324 e. The van der Waals surface area contributed by atoms with E-state index in [4.69, 9.17) is 5.73 Å². The molecule has 0 saturated carbocycles. The lowest BCUT2D eigenvalue weighted by Crippen LogP contribution is -2.14. The SMILES string of the molecule is Cc1c(C(N)Cc2ccc(Br)cc2)cnn1C. The summed E-state index contributed by atoms with van der Waals surface area (Å²) < 4.78 is 2.95. The molecule has 1 atom stereocenters. The van der Waals surface area contributed by atoms with Gasteiger partial charge in [-0.1, -0.05) is 28.1 Å². The van der Waals surface area contributed by atoms with Crippen LogP contribution in [0.5, 0.6) is 0 Å². The number of aromatic nitrogens is 2. The third-order valence-electron chi connectivity index (χ3n) is 3.04. The van der Waals surface area contributed by atoms with E-state index in [1.807, 2.05) is 37.0 Å². The van der Waals surface area contributed by atoms with Crippen molar-refractivity contribution in [3.8, 4) is 0 Å². The van der Waals surface area contributed by atoms with E-state index in [9.17, 15) is 0 Å². The molecular formula is C13H16BrN3. The van der Waals surface area contributed by atoms with Crippen LogP contribution in [-0.2, 0) is 13.5 Å². The van der Waals surface area contributed by atoms with E-state index < -0.39 is 0 Å². The average molecular weight is 294 g/mol. The lowest BCUT2D eigenvalue weighted by molar-refractivity contribution is 0.700. The highest BCUT2D eigenvalue weighted by Crippen LogP contribution is 2.20. The van der Waals surface area contributed by atoms with E-state index in [0.29, 0.717) is 0 Å². The number of rotatable bonds is 3. The molecule has 0 aliphatic carbocycles. The van der Waals surface area contributed by atoms with Crippen LogP contribution in [0, 0.1) is 6.92 Å². The van der Waals surface area contributed by atoms with Gasteiger partial charge in [0.15, 0.2) is 0 Å². The van der Waals surface area contributed by atoms with Gasteiger partial charge < -0.3 is 5.73 Å². The Morgan fingerprint density at radius 3 is 2.53 bits per heavy atom. The number of hydrogen-bond acceptors (Lipinski definition) is 2. The summed E-state index contributed by atoms with van der Waals surface area (Å²) in [5, 5.41) is 4.22. The number of aryl methyl sites for hydroxylation is 1. The molecule has 0 amide bonds. The van der Waals surface area contributed by atoms with E-state index >= 15 is 0 Å². The molecule has 0 spiro atoms. The van der Waals surface area contributed by atoms with Gasteiger partial charge in [0.2, 0.25) is 0 Å². The maximum atomic E-state index is 6.21. The van der Waals surface area contributed by atoms with Gasteiger partial charge in [-0.2, -0.15) is 5.10 Å². The molecule has 0 aliphatic heterocycles. The van der Waals surface area contributed by atoms with Crippen molar-refractivity contribution in [2.45, 2.75) is 19.4 Å². The molecule has 1 aromatic heterocycles. The first-order chi connectivity index (χ1) is 8.08. The van der Waals surface area contributed by atoms with Crippen molar-refractivity contribution in [2.24, 2.45) is 12.8 Å². The second-order valence-electron chi connectivity index (χ2n) is 4.25. The van der Waals surface area contributed by atoms with Crippen molar-refractivity contribution < 1.29 is 0 Å². The van der Waals surface area contributed by atoms with Crippen molar-refractivity contribution in [1.29, 1.82) is 0 Å². The van der Waals surface area contributed by atoms with E-state index in [-0.39, 0.29) is 6.04 Å². The van der Waals surface area contributed by atoms with E-state index in [0.717, 1.165) is 22.2 Å². The highest BCUT2D eigenvalue weighted by atomic mass is 79.9. The summed E-state index contributed by atoms with van der Waals surface area (Å²) >= 11 is 3.43. The molecule has 0 bridgehead atoms. The Bertz CT molecular complexity index is 502. The summed E-state index contributed by atoms with van der Waals surface area (Å²) in [5.74, 6) is 0. The Hall–Kier alpha value is -1.13. The Kier molecular flexibility index (Phi) is 3.64. The number of hydrogen-bond donors (Lipinski definition) is 1. The molecular weight excluding hydrogens is 278 g/mol. The Labute approximate surface area is 110 Å². The molecule has 2 rings (SSSR count). The minimum atomic E-state index is 0.00451. The van der Waals surface area contributed by atoms with Crippen molar-refractivity contribution in [3.63, 3.8) is 0 Å². The molecule has 0 fully saturated rings. The molecule has 2 N–H and O–H groups in total. The summed E-state index contributed by atoms with van der Waals surface area (Å²) in [6.07, 6.45) is 2.69. The van der Waals surface area contributed by atoms with Crippen LogP contribution >= 0.6 is 15.9 Å². The molecule has 17 heavy (non-hydrogen) atoms. The first kappa shape index (κ1) is 12.3. The molecule has 1 heterocycles. The van der Waals surface area contributed by atoms with E-state index in [1.54, 1.807) is 0 Å². The third kappa shape index (κ3) is 2.76. The lowest BCUT2D eigenvalue weighted by Gasteiger charge is -2.11. The summed E-state index contributed by atoms with van der Waals surface area (Å²) in [6.45, 7) is 2.05. The van der Waals surface area contributed by atoms with Crippen LogP contribution in [-0.4, -0.2) is 9.78 Å². The zero-order chi connectivity index (χ0) is 12.4. The standard InChI is InChI=1S/C13H16BrN3/c1-9-12(8-16-17(9)2)13(15)7-10-3-5-11(14)6-4-10/h3-6,8,13H,7,15H2,1-2H3. The maximum absolute atomic E-state index is 6.21. The van der Waals surface area contributed by atoms with Crippen LogP contribution in [0.15, 0.2) is 34.9 Å². The van der Waals surface area contributed by atoms with Gasteiger partial charge in [-0.15, -0.1) is 0 Å². The lowest BCUT2D eigenvalue weighted by atomic mass is 10.0. The fourth-order valence-electron chi connectivity index (χ4n) is 1.86. The first-order valence-electron chi connectivity index (χ1n) is 5.56. The Balaban J connectivity index is 2.14. The summed E-state index contributed by atoms with van der Waals surface area (Å²) in [5.41, 5.74) is 9.71. The van der Waals surface area contributed by atoms with Gasteiger partial charge in [-0.05, 0) is 31.0 Å². The molecule has 1 unspecified atom stereocenters. The highest BCUT2D eigenvalue weighted by molar-refractivity contribution is 9.10. The summed E-state index contributed by atoms with van der Waals surface area (Å²) in [4.78, 5) is 0. The second kappa shape index (κ2) is 5.02. The summed E-state index contributed by atoms with van der Waals surface area (Å²) in [6, 6.07) is 8.27. The quantitative estimate of drug-likeness (QED) is 0.946. The Morgan fingerprint density at radius 2 is 2.00 bits per heavy atom. The van der Waals surface area contributed by atoms with Crippen LogP contribution < -0.4 is 5.73 Å². The third-order valence-corrected chi connectivity index (χ3v) is 3.57. The van der Waals surface area contributed by atoms with Gasteiger partial charge in [0.25, 0.3) is 0 Å². The van der Waals surface area contributed by atoms with Crippen LogP contribution in [0.2, 0.25) is 0 Å². The van der Waals surface area contributed by atoms with Gasteiger partial charge in [0.1, 0.15) is 0 Å². The monoisotopic (exact) mass is 293 g/mol. The van der Waals surface area contributed by atoms with Gasteiger partial charge in [-0.25, -0.2) is 0 Å². The van der Waals surface area contributed by atoms with Crippen molar-refractivity contribution in [2.75, 3.05) is 0 Å². The van der Waals surface area contributed by atoms with Gasteiger partial charge in [0, 0.05) is 28.8 Å². The predicted molar refractivity (Wildman–Crippen MR) is 72.7 cm³/mol. The first-order valence-corrected chi connectivity index (χ1v) is 6.35. The molecule has 3 nitrogen and oxygen atoms in total. The van der Waals surface area contributed by atoms with E-state index in [1.165, 1.54) is 5.56 Å². The summed E-state index contributed by atoms with van der Waals surface area (Å²) in [7, 11) is 1.94. The normalized spacial score (nSPS) is 12.7. The van der Waals surface area contributed by atoms with Crippen molar-refractivity contribution in [3.05, 3.63) is 51.8 Å². The predicted octanol–water partition coefficient (Wildman–Crippen LogP) is 2.73. The minimum absolute atomic E-state index is 0.00451. The molecule has 4 heteroatoms. The molecule has 0 radical (unpaired) electrons. The average Bonchev–Trinajstić information content (AvgIpc) is 2.63. The Morgan fingerprint density at radius 1 is 1.35 bits per heavy atom. The molecule has 1 aromatic carbocycles. The largest absolute Gasteiger partial charge is 0.324 e. The second-order valence-corrected chi connectivity index (χ2v) is 5.16.